The van der Waals surface area contributed by atoms with Crippen LogP contribution in [0.25, 0.3) is 10.8 Å². The van der Waals surface area contributed by atoms with Gasteiger partial charge in [0.25, 0.3) is 0 Å². The molecular weight excluding hydrogens is 408 g/mol. The number of halogens is 2. The third kappa shape index (κ3) is 3.98. The predicted octanol–water partition coefficient (Wildman–Crippen LogP) is 6.89. The molecule has 0 unspecified atom stereocenters. The van der Waals surface area contributed by atoms with Gasteiger partial charge in [-0.3, -0.25) is 0 Å². The lowest BCUT2D eigenvalue weighted by molar-refractivity contribution is 0.289. The summed E-state index contributed by atoms with van der Waals surface area (Å²) in [6.45, 7) is 7.54. The van der Waals surface area contributed by atoms with Gasteiger partial charge in [-0.2, -0.15) is 0 Å². The van der Waals surface area contributed by atoms with Crippen LogP contribution in [-0.4, -0.2) is 8.32 Å². The Bertz CT molecular complexity index is 610. The maximum atomic E-state index is 6.46. The standard InChI is InChI=1S/C17H22Br2OSi/c1-4-21(5-2,6-3)20-12-14-11-16(19)10-13-9-15(18)7-8-17(13)14/h7-11H,4-6,12H2,1-3H3. The summed E-state index contributed by atoms with van der Waals surface area (Å²) in [6.07, 6.45) is 0. The lowest BCUT2D eigenvalue weighted by atomic mass is 10.1. The molecule has 2 aromatic carbocycles. The summed E-state index contributed by atoms with van der Waals surface area (Å²) < 4.78 is 8.69. The average Bonchev–Trinajstić information content (AvgIpc) is 2.48. The molecule has 114 valence electrons. The van der Waals surface area contributed by atoms with Gasteiger partial charge >= 0.3 is 0 Å². The number of rotatable bonds is 6. The van der Waals surface area contributed by atoms with Gasteiger partial charge in [-0.05, 0) is 58.7 Å². The molecule has 0 aromatic heterocycles. The van der Waals surface area contributed by atoms with E-state index in [2.05, 4.69) is 83.0 Å². The quantitative estimate of drug-likeness (QED) is 0.454. The molecule has 0 aliphatic rings. The zero-order chi connectivity index (χ0) is 15.5. The van der Waals surface area contributed by atoms with Gasteiger partial charge in [0.2, 0.25) is 0 Å². The molecule has 0 aliphatic heterocycles. The largest absolute Gasteiger partial charge is 0.413 e. The molecule has 2 aromatic rings. The van der Waals surface area contributed by atoms with Crippen molar-refractivity contribution < 1.29 is 4.43 Å². The third-order valence-electron chi connectivity index (χ3n) is 4.43. The van der Waals surface area contributed by atoms with Gasteiger partial charge in [0, 0.05) is 8.95 Å². The van der Waals surface area contributed by atoms with Crippen LogP contribution in [0.2, 0.25) is 18.1 Å². The summed E-state index contributed by atoms with van der Waals surface area (Å²) in [4.78, 5) is 0. The monoisotopic (exact) mass is 428 g/mol. The van der Waals surface area contributed by atoms with Gasteiger partial charge in [-0.25, -0.2) is 0 Å². The Morgan fingerprint density at radius 2 is 1.52 bits per heavy atom. The maximum absolute atomic E-state index is 6.46. The van der Waals surface area contributed by atoms with Crippen molar-refractivity contribution in [2.24, 2.45) is 0 Å². The van der Waals surface area contributed by atoms with Crippen molar-refractivity contribution in [2.75, 3.05) is 0 Å². The first-order valence-electron chi connectivity index (χ1n) is 7.55. The molecule has 21 heavy (non-hydrogen) atoms. The first-order chi connectivity index (χ1) is 10.0. The van der Waals surface area contributed by atoms with E-state index in [9.17, 15) is 0 Å². The Kier molecular flexibility index (Phi) is 6.06. The van der Waals surface area contributed by atoms with E-state index < -0.39 is 8.32 Å². The minimum absolute atomic E-state index is 0.722. The van der Waals surface area contributed by atoms with E-state index in [1.54, 1.807) is 0 Å². The molecule has 0 radical (unpaired) electrons. The first-order valence-corrected chi connectivity index (χ1v) is 11.7. The highest BCUT2D eigenvalue weighted by Gasteiger charge is 2.28. The Labute approximate surface area is 145 Å². The fraction of sp³-hybridized carbons (Fsp3) is 0.412. The van der Waals surface area contributed by atoms with E-state index in [-0.39, 0.29) is 0 Å². The van der Waals surface area contributed by atoms with Gasteiger partial charge in [-0.15, -0.1) is 0 Å². The first kappa shape index (κ1) is 17.2. The number of fused-ring (bicyclic) bond motifs is 1. The van der Waals surface area contributed by atoms with Crippen LogP contribution in [0.5, 0.6) is 0 Å². The van der Waals surface area contributed by atoms with Crippen molar-refractivity contribution in [3.63, 3.8) is 0 Å². The average molecular weight is 430 g/mol. The summed E-state index contributed by atoms with van der Waals surface area (Å²) in [5, 5.41) is 2.53. The minimum atomic E-state index is -1.54. The van der Waals surface area contributed by atoms with Crippen LogP contribution in [0.15, 0.2) is 39.3 Å². The van der Waals surface area contributed by atoms with E-state index in [1.807, 2.05) is 0 Å². The Balaban J connectivity index is 2.34. The lowest BCUT2D eigenvalue weighted by Gasteiger charge is -2.28. The number of hydrogen-bond acceptors (Lipinski definition) is 1. The summed E-state index contributed by atoms with van der Waals surface area (Å²) in [7, 11) is -1.54. The second kappa shape index (κ2) is 7.40. The van der Waals surface area contributed by atoms with E-state index in [1.165, 1.54) is 34.5 Å². The predicted molar refractivity (Wildman–Crippen MR) is 101 cm³/mol. The molecular formula is C17H22Br2OSi. The summed E-state index contributed by atoms with van der Waals surface area (Å²) in [5.74, 6) is 0. The summed E-state index contributed by atoms with van der Waals surface area (Å²) >= 11 is 7.17. The minimum Gasteiger partial charge on any atom is -0.413 e. The molecule has 0 fully saturated rings. The molecule has 0 heterocycles. The SMILES string of the molecule is CC[Si](CC)(CC)OCc1cc(Br)cc2cc(Br)ccc12. The highest BCUT2D eigenvalue weighted by Crippen LogP contribution is 2.30. The molecule has 0 aliphatic carbocycles. The van der Waals surface area contributed by atoms with Gasteiger partial charge in [0.05, 0.1) is 6.61 Å². The van der Waals surface area contributed by atoms with Crippen LogP contribution >= 0.6 is 31.9 Å². The van der Waals surface area contributed by atoms with Crippen LogP contribution in [0.1, 0.15) is 26.3 Å². The molecule has 0 atom stereocenters. The van der Waals surface area contributed by atoms with Crippen LogP contribution in [0, 0.1) is 0 Å². The normalized spacial score (nSPS) is 12.0. The molecule has 0 N–H and O–H groups in total. The second-order valence-electron chi connectivity index (χ2n) is 5.46. The highest BCUT2D eigenvalue weighted by atomic mass is 79.9. The lowest BCUT2D eigenvalue weighted by Crippen LogP contribution is -2.35. The Morgan fingerprint density at radius 3 is 2.14 bits per heavy atom. The van der Waals surface area contributed by atoms with Crippen molar-refractivity contribution in [2.45, 2.75) is 45.5 Å². The zero-order valence-electron chi connectivity index (χ0n) is 12.9. The van der Waals surface area contributed by atoms with Crippen molar-refractivity contribution >= 4 is 50.9 Å². The topological polar surface area (TPSA) is 9.23 Å². The van der Waals surface area contributed by atoms with Crippen molar-refractivity contribution in [3.05, 3.63) is 44.8 Å². The van der Waals surface area contributed by atoms with Crippen LogP contribution in [-0.2, 0) is 11.0 Å². The van der Waals surface area contributed by atoms with E-state index in [0.717, 1.165) is 15.6 Å². The maximum Gasteiger partial charge on any atom is 0.192 e. The van der Waals surface area contributed by atoms with Crippen molar-refractivity contribution in [1.82, 2.24) is 0 Å². The van der Waals surface area contributed by atoms with E-state index in [4.69, 9.17) is 4.43 Å². The van der Waals surface area contributed by atoms with Gasteiger partial charge in [0.1, 0.15) is 0 Å². The third-order valence-corrected chi connectivity index (χ3v) is 10.0. The zero-order valence-corrected chi connectivity index (χ0v) is 17.1. The molecule has 2 rings (SSSR count). The van der Waals surface area contributed by atoms with Crippen LogP contribution in [0.4, 0.5) is 0 Å². The Hall–Kier alpha value is -0.163. The summed E-state index contributed by atoms with van der Waals surface area (Å²) in [6, 6.07) is 14.4. The molecule has 0 amide bonds. The fourth-order valence-electron chi connectivity index (χ4n) is 2.79. The highest BCUT2D eigenvalue weighted by molar-refractivity contribution is 9.10. The van der Waals surface area contributed by atoms with Crippen molar-refractivity contribution in [1.29, 1.82) is 0 Å². The molecule has 4 heteroatoms. The van der Waals surface area contributed by atoms with Crippen molar-refractivity contribution in [3.8, 4) is 0 Å². The molecule has 0 saturated heterocycles. The molecule has 0 saturated carbocycles. The summed E-state index contributed by atoms with van der Waals surface area (Å²) in [5.41, 5.74) is 1.28. The molecule has 1 nitrogen and oxygen atoms in total. The van der Waals surface area contributed by atoms with E-state index >= 15 is 0 Å². The second-order valence-corrected chi connectivity index (χ2v) is 12.1. The molecule has 0 spiro atoms. The van der Waals surface area contributed by atoms with Gasteiger partial charge < -0.3 is 4.43 Å². The fourth-order valence-corrected chi connectivity index (χ4v) is 6.26. The van der Waals surface area contributed by atoms with Gasteiger partial charge in [-0.1, -0.05) is 58.7 Å². The van der Waals surface area contributed by atoms with Gasteiger partial charge in [0.15, 0.2) is 8.32 Å². The van der Waals surface area contributed by atoms with Crippen LogP contribution in [0.3, 0.4) is 0 Å². The number of hydrogen-bond donors (Lipinski definition) is 0. The smallest absolute Gasteiger partial charge is 0.192 e. The van der Waals surface area contributed by atoms with E-state index in [0.29, 0.717) is 0 Å². The number of benzene rings is 2. The Morgan fingerprint density at radius 1 is 0.905 bits per heavy atom. The molecule has 0 bridgehead atoms. The van der Waals surface area contributed by atoms with Crippen LogP contribution < -0.4 is 0 Å².